The fourth-order valence-corrected chi connectivity index (χ4v) is 2.19. The number of aromatic nitrogens is 3. The maximum atomic E-state index is 6.21. The molecule has 1 atom stereocenters. The number of para-hydroxylation sites is 1. The van der Waals surface area contributed by atoms with Gasteiger partial charge in [-0.05, 0) is 24.5 Å². The summed E-state index contributed by atoms with van der Waals surface area (Å²) in [6.07, 6.45) is 0.968. The maximum absolute atomic E-state index is 6.21. The number of rotatable bonds is 5. The fraction of sp³-hybridized carbons (Fsp3) is 0.462. The van der Waals surface area contributed by atoms with Crippen LogP contribution in [0.3, 0.4) is 0 Å². The molecule has 18 heavy (non-hydrogen) atoms. The van der Waals surface area contributed by atoms with Gasteiger partial charge in [-0.15, -0.1) is 21.8 Å². The maximum Gasteiger partial charge on any atom is 0.243 e. The highest BCUT2D eigenvalue weighted by molar-refractivity contribution is 6.20. The SMILES string of the molecule is CC(C)CC(Cl)CNc1nnc2ccccc2n1. The largest absolute Gasteiger partial charge is 0.351 e. The van der Waals surface area contributed by atoms with Crippen molar-refractivity contribution in [3.8, 4) is 0 Å². The topological polar surface area (TPSA) is 50.7 Å². The summed E-state index contributed by atoms with van der Waals surface area (Å²) in [4.78, 5) is 4.38. The number of fused-ring (bicyclic) bond motifs is 1. The normalized spacial score (nSPS) is 12.9. The second-order valence-electron chi connectivity index (χ2n) is 4.73. The standard InChI is InChI=1S/C13H17ClN4/c1-9(2)7-10(14)8-15-13-16-11-5-3-4-6-12(11)17-18-13/h3-6,9-10H,7-8H2,1-2H3,(H,15,16,18). The molecular weight excluding hydrogens is 248 g/mol. The summed E-state index contributed by atoms with van der Waals surface area (Å²) >= 11 is 6.21. The predicted octanol–water partition coefficient (Wildman–Crippen LogP) is 3.09. The van der Waals surface area contributed by atoms with E-state index in [1.54, 1.807) is 0 Å². The Morgan fingerprint density at radius 2 is 1.89 bits per heavy atom. The van der Waals surface area contributed by atoms with Gasteiger partial charge in [0.25, 0.3) is 0 Å². The van der Waals surface area contributed by atoms with E-state index in [4.69, 9.17) is 11.6 Å². The summed E-state index contributed by atoms with van der Waals surface area (Å²) in [7, 11) is 0. The molecule has 1 N–H and O–H groups in total. The fourth-order valence-electron chi connectivity index (χ4n) is 1.75. The highest BCUT2D eigenvalue weighted by Crippen LogP contribution is 2.12. The summed E-state index contributed by atoms with van der Waals surface area (Å²) in [6.45, 7) is 4.96. The number of benzene rings is 1. The predicted molar refractivity (Wildman–Crippen MR) is 74.9 cm³/mol. The summed E-state index contributed by atoms with van der Waals surface area (Å²) in [5.74, 6) is 1.12. The number of nitrogens with one attached hydrogen (secondary N) is 1. The molecule has 1 heterocycles. The van der Waals surface area contributed by atoms with Gasteiger partial charge in [-0.3, -0.25) is 0 Å². The number of nitrogens with zero attached hydrogens (tertiary/aromatic N) is 3. The first kappa shape index (κ1) is 13.0. The van der Waals surface area contributed by atoms with Crippen LogP contribution in [0.15, 0.2) is 24.3 Å². The van der Waals surface area contributed by atoms with E-state index in [9.17, 15) is 0 Å². The van der Waals surface area contributed by atoms with E-state index in [1.165, 1.54) is 0 Å². The highest BCUT2D eigenvalue weighted by Gasteiger charge is 2.08. The quantitative estimate of drug-likeness (QED) is 0.843. The molecule has 1 unspecified atom stereocenters. The van der Waals surface area contributed by atoms with Gasteiger partial charge in [0.1, 0.15) is 5.52 Å². The molecule has 0 radical (unpaired) electrons. The number of halogens is 1. The third-order valence-corrected chi connectivity index (χ3v) is 2.90. The Morgan fingerprint density at radius 1 is 1.17 bits per heavy atom. The molecule has 2 rings (SSSR count). The Labute approximate surface area is 112 Å². The van der Waals surface area contributed by atoms with Crippen LogP contribution >= 0.6 is 11.6 Å². The van der Waals surface area contributed by atoms with Gasteiger partial charge in [-0.2, -0.15) is 0 Å². The molecule has 0 spiro atoms. The number of anilines is 1. The van der Waals surface area contributed by atoms with Crippen molar-refractivity contribution in [1.29, 1.82) is 0 Å². The van der Waals surface area contributed by atoms with Crippen molar-refractivity contribution >= 4 is 28.6 Å². The lowest BCUT2D eigenvalue weighted by molar-refractivity contribution is 0.571. The van der Waals surface area contributed by atoms with Crippen molar-refractivity contribution in [3.63, 3.8) is 0 Å². The first-order chi connectivity index (χ1) is 8.65. The van der Waals surface area contributed by atoms with Crippen molar-refractivity contribution in [1.82, 2.24) is 15.2 Å². The van der Waals surface area contributed by atoms with Gasteiger partial charge in [0, 0.05) is 6.54 Å². The lowest BCUT2D eigenvalue weighted by Crippen LogP contribution is -2.17. The first-order valence-electron chi connectivity index (χ1n) is 6.12. The van der Waals surface area contributed by atoms with Gasteiger partial charge in [-0.1, -0.05) is 26.0 Å². The molecule has 0 saturated heterocycles. The Bertz CT molecular complexity index is 515. The minimum absolute atomic E-state index is 0.0834. The number of hydrogen-bond donors (Lipinski definition) is 1. The van der Waals surface area contributed by atoms with Gasteiger partial charge in [0.05, 0.1) is 10.9 Å². The minimum Gasteiger partial charge on any atom is -0.351 e. The summed E-state index contributed by atoms with van der Waals surface area (Å²) in [6, 6.07) is 7.66. The van der Waals surface area contributed by atoms with Crippen LogP contribution < -0.4 is 5.32 Å². The molecule has 1 aromatic carbocycles. The second-order valence-corrected chi connectivity index (χ2v) is 5.35. The Balaban J connectivity index is 1.99. The Morgan fingerprint density at radius 3 is 2.61 bits per heavy atom. The van der Waals surface area contributed by atoms with E-state index in [1.807, 2.05) is 24.3 Å². The summed E-state index contributed by atoms with van der Waals surface area (Å²) in [5.41, 5.74) is 1.64. The molecule has 0 amide bonds. The van der Waals surface area contributed by atoms with E-state index in [-0.39, 0.29) is 5.38 Å². The zero-order valence-corrected chi connectivity index (χ0v) is 11.4. The Kier molecular flexibility index (Phi) is 4.31. The molecule has 0 aliphatic heterocycles. The highest BCUT2D eigenvalue weighted by atomic mass is 35.5. The van der Waals surface area contributed by atoms with Crippen LogP contribution in [0.5, 0.6) is 0 Å². The van der Waals surface area contributed by atoms with Crippen LogP contribution in [0.4, 0.5) is 5.95 Å². The molecular formula is C13H17ClN4. The van der Waals surface area contributed by atoms with Crippen LogP contribution in [-0.2, 0) is 0 Å². The molecule has 0 fully saturated rings. The van der Waals surface area contributed by atoms with Crippen molar-refractivity contribution < 1.29 is 0 Å². The van der Waals surface area contributed by atoms with Crippen LogP contribution in [0, 0.1) is 5.92 Å². The third kappa shape index (κ3) is 3.53. The molecule has 1 aromatic heterocycles. The van der Waals surface area contributed by atoms with Crippen molar-refractivity contribution in [2.75, 3.05) is 11.9 Å². The van der Waals surface area contributed by atoms with Gasteiger partial charge in [-0.25, -0.2) is 4.98 Å². The third-order valence-electron chi connectivity index (χ3n) is 2.57. The van der Waals surface area contributed by atoms with Crippen molar-refractivity contribution in [3.05, 3.63) is 24.3 Å². The van der Waals surface area contributed by atoms with Gasteiger partial charge >= 0.3 is 0 Å². The lowest BCUT2D eigenvalue weighted by Gasteiger charge is -2.12. The number of alkyl halides is 1. The average molecular weight is 265 g/mol. The zero-order valence-electron chi connectivity index (χ0n) is 10.6. The lowest BCUT2D eigenvalue weighted by atomic mass is 10.1. The van der Waals surface area contributed by atoms with Crippen LogP contribution in [0.1, 0.15) is 20.3 Å². The summed E-state index contributed by atoms with van der Waals surface area (Å²) < 4.78 is 0. The van der Waals surface area contributed by atoms with E-state index < -0.39 is 0 Å². The minimum atomic E-state index is 0.0834. The molecule has 2 aromatic rings. The Hall–Kier alpha value is -1.42. The van der Waals surface area contributed by atoms with Crippen LogP contribution in [0.2, 0.25) is 0 Å². The number of hydrogen-bond acceptors (Lipinski definition) is 4. The van der Waals surface area contributed by atoms with Crippen molar-refractivity contribution in [2.45, 2.75) is 25.6 Å². The van der Waals surface area contributed by atoms with E-state index in [2.05, 4.69) is 34.3 Å². The van der Waals surface area contributed by atoms with Gasteiger partial charge in [0.2, 0.25) is 5.95 Å². The molecule has 4 nitrogen and oxygen atoms in total. The first-order valence-corrected chi connectivity index (χ1v) is 6.56. The van der Waals surface area contributed by atoms with Crippen LogP contribution in [-0.4, -0.2) is 27.1 Å². The van der Waals surface area contributed by atoms with Gasteiger partial charge in [0.15, 0.2) is 0 Å². The second kappa shape index (κ2) is 5.96. The van der Waals surface area contributed by atoms with Gasteiger partial charge < -0.3 is 5.32 Å². The van der Waals surface area contributed by atoms with Crippen molar-refractivity contribution in [2.24, 2.45) is 5.92 Å². The summed E-state index contributed by atoms with van der Waals surface area (Å²) in [5, 5.41) is 11.3. The molecule has 0 aliphatic carbocycles. The molecule has 0 bridgehead atoms. The van der Waals surface area contributed by atoms with E-state index >= 15 is 0 Å². The molecule has 0 saturated carbocycles. The molecule has 5 heteroatoms. The monoisotopic (exact) mass is 264 g/mol. The van der Waals surface area contributed by atoms with E-state index in [0.717, 1.165) is 17.5 Å². The molecule has 96 valence electrons. The van der Waals surface area contributed by atoms with E-state index in [0.29, 0.717) is 18.4 Å². The smallest absolute Gasteiger partial charge is 0.243 e. The van der Waals surface area contributed by atoms with Crippen LogP contribution in [0.25, 0.3) is 11.0 Å². The molecule has 0 aliphatic rings. The zero-order chi connectivity index (χ0) is 13.0. The average Bonchev–Trinajstić information content (AvgIpc) is 2.35.